The van der Waals surface area contributed by atoms with Crippen LogP contribution in [-0.4, -0.2) is 31.3 Å². The number of hydrogen-bond acceptors (Lipinski definition) is 3. The van der Waals surface area contributed by atoms with Crippen LogP contribution in [0.2, 0.25) is 0 Å². The summed E-state index contributed by atoms with van der Waals surface area (Å²) in [7, 11) is 2.07. The van der Waals surface area contributed by atoms with E-state index in [1.165, 1.54) is 22.0 Å². The molecule has 2 aromatic carbocycles. The van der Waals surface area contributed by atoms with E-state index < -0.39 is 0 Å². The summed E-state index contributed by atoms with van der Waals surface area (Å²) in [5, 5.41) is 13.0. The number of nitrogens with zero attached hydrogens (tertiary/aromatic N) is 4. The van der Waals surface area contributed by atoms with E-state index in [4.69, 9.17) is 0 Å². The lowest BCUT2D eigenvalue weighted by Crippen LogP contribution is -2.32. The van der Waals surface area contributed by atoms with Gasteiger partial charge >= 0.3 is 0 Å². The summed E-state index contributed by atoms with van der Waals surface area (Å²) in [5.74, 6) is 1.01. The van der Waals surface area contributed by atoms with Gasteiger partial charge in [0, 0.05) is 42.8 Å². The third-order valence-corrected chi connectivity index (χ3v) is 6.42. The van der Waals surface area contributed by atoms with Crippen LogP contribution in [0.25, 0.3) is 33.4 Å². The molecule has 0 saturated heterocycles. The number of nitrogens with one attached hydrogen (secondary N) is 1. The molecule has 1 saturated carbocycles. The smallest absolute Gasteiger partial charge is 0.219 e. The Bertz CT molecular complexity index is 1220. The lowest BCUT2D eigenvalue weighted by Gasteiger charge is -2.16. The van der Waals surface area contributed by atoms with Gasteiger partial charge in [-0.1, -0.05) is 43.3 Å². The normalized spacial score (nSPS) is 18.5. The van der Waals surface area contributed by atoms with Gasteiger partial charge in [-0.05, 0) is 47.9 Å². The molecule has 1 aliphatic carbocycles. The van der Waals surface area contributed by atoms with Crippen molar-refractivity contribution in [2.45, 2.75) is 44.7 Å². The first-order valence-corrected chi connectivity index (χ1v) is 11.0. The van der Waals surface area contributed by atoms with Gasteiger partial charge in [0.1, 0.15) is 6.33 Å². The van der Waals surface area contributed by atoms with E-state index >= 15 is 0 Å². The molecule has 2 atom stereocenters. The molecule has 1 aliphatic rings. The van der Waals surface area contributed by atoms with Crippen LogP contribution in [0.4, 0.5) is 0 Å². The number of benzene rings is 2. The Morgan fingerprint density at radius 3 is 2.65 bits per heavy atom. The van der Waals surface area contributed by atoms with Crippen molar-refractivity contribution in [1.82, 2.24) is 24.6 Å². The summed E-state index contributed by atoms with van der Waals surface area (Å²) in [6.07, 6.45) is 7.38. The maximum absolute atomic E-state index is 11.7. The molecule has 0 aliphatic heterocycles. The number of fused-ring (bicyclic) bond motifs is 1. The van der Waals surface area contributed by atoms with Gasteiger partial charge in [0.15, 0.2) is 5.82 Å². The minimum atomic E-state index is 0.124. The van der Waals surface area contributed by atoms with Crippen LogP contribution in [0.5, 0.6) is 0 Å². The van der Waals surface area contributed by atoms with E-state index in [1.54, 1.807) is 0 Å². The lowest BCUT2D eigenvalue weighted by atomic mass is 10.0. The first kappa shape index (κ1) is 19.5. The quantitative estimate of drug-likeness (QED) is 0.515. The number of carbonyl (C=O) groups is 1. The number of carbonyl (C=O) groups excluding carboxylic acids is 1. The van der Waals surface area contributed by atoms with Gasteiger partial charge in [0.25, 0.3) is 0 Å². The molecule has 5 rings (SSSR count). The molecule has 0 spiro atoms. The Hall–Kier alpha value is -3.41. The largest absolute Gasteiger partial charge is 0.353 e. The Labute approximate surface area is 181 Å². The van der Waals surface area contributed by atoms with Crippen LogP contribution < -0.4 is 5.32 Å². The van der Waals surface area contributed by atoms with Crippen LogP contribution in [0.1, 0.15) is 38.6 Å². The van der Waals surface area contributed by atoms with Crippen LogP contribution in [0.15, 0.2) is 61.1 Å². The molecular formula is C25H27N5O. The Balaban J connectivity index is 1.37. The summed E-state index contributed by atoms with van der Waals surface area (Å²) < 4.78 is 4.32. The summed E-state index contributed by atoms with van der Waals surface area (Å²) >= 11 is 0. The highest BCUT2D eigenvalue weighted by atomic mass is 16.1. The third-order valence-electron chi connectivity index (χ3n) is 6.42. The van der Waals surface area contributed by atoms with Crippen molar-refractivity contribution in [2.75, 3.05) is 0 Å². The van der Waals surface area contributed by atoms with Crippen molar-refractivity contribution in [3.8, 4) is 22.5 Å². The second-order valence-corrected chi connectivity index (χ2v) is 8.42. The van der Waals surface area contributed by atoms with Crippen molar-refractivity contribution in [3.63, 3.8) is 0 Å². The highest BCUT2D eigenvalue weighted by Crippen LogP contribution is 2.34. The number of hydrogen-bond donors (Lipinski definition) is 1. The Morgan fingerprint density at radius 1 is 1.06 bits per heavy atom. The SMILES string of the molecule is CCC(=O)N[C@H]1CC[C@@H](n2cnnc2-c2ccc(-c3ccc4ccn(C)c4c3)cc2)C1. The van der Waals surface area contributed by atoms with Crippen molar-refractivity contribution in [2.24, 2.45) is 7.05 Å². The molecule has 0 unspecified atom stereocenters. The fraction of sp³-hybridized carbons (Fsp3) is 0.320. The van der Waals surface area contributed by atoms with Crippen LogP contribution >= 0.6 is 0 Å². The third kappa shape index (κ3) is 3.74. The molecule has 6 heteroatoms. The van der Waals surface area contributed by atoms with E-state index in [-0.39, 0.29) is 11.9 Å². The number of amides is 1. The highest BCUT2D eigenvalue weighted by molar-refractivity contribution is 5.85. The highest BCUT2D eigenvalue weighted by Gasteiger charge is 2.28. The molecule has 6 nitrogen and oxygen atoms in total. The molecule has 0 bridgehead atoms. The molecular weight excluding hydrogens is 386 g/mol. The molecule has 1 amide bonds. The van der Waals surface area contributed by atoms with Crippen LogP contribution in [0.3, 0.4) is 0 Å². The summed E-state index contributed by atoms with van der Waals surface area (Å²) in [6.45, 7) is 1.89. The number of rotatable bonds is 5. The maximum Gasteiger partial charge on any atom is 0.219 e. The zero-order valence-electron chi connectivity index (χ0n) is 18.0. The van der Waals surface area contributed by atoms with Crippen molar-refractivity contribution in [1.29, 1.82) is 0 Å². The minimum absolute atomic E-state index is 0.124. The van der Waals surface area contributed by atoms with Gasteiger partial charge in [-0.3, -0.25) is 4.79 Å². The number of aryl methyl sites for hydroxylation is 1. The minimum Gasteiger partial charge on any atom is -0.353 e. The van der Waals surface area contributed by atoms with Crippen LogP contribution in [0, 0.1) is 0 Å². The molecule has 0 radical (unpaired) electrons. The molecule has 31 heavy (non-hydrogen) atoms. The lowest BCUT2D eigenvalue weighted by molar-refractivity contribution is -0.121. The topological polar surface area (TPSA) is 64.7 Å². The number of aromatic nitrogens is 4. The monoisotopic (exact) mass is 413 g/mol. The van der Waals surface area contributed by atoms with Gasteiger partial charge in [-0.15, -0.1) is 10.2 Å². The van der Waals surface area contributed by atoms with Gasteiger partial charge in [0.05, 0.1) is 0 Å². The Morgan fingerprint density at radius 2 is 1.84 bits per heavy atom. The average Bonchev–Trinajstić information content (AvgIpc) is 3.54. The molecule has 4 aromatic rings. The summed E-state index contributed by atoms with van der Waals surface area (Å²) in [4.78, 5) is 11.7. The first-order chi connectivity index (χ1) is 15.1. The molecule has 1 N–H and O–H groups in total. The van der Waals surface area contributed by atoms with E-state index in [0.29, 0.717) is 12.5 Å². The predicted molar refractivity (Wildman–Crippen MR) is 122 cm³/mol. The van der Waals surface area contributed by atoms with Crippen molar-refractivity contribution in [3.05, 3.63) is 61.1 Å². The molecule has 158 valence electrons. The average molecular weight is 414 g/mol. The standard InChI is InChI=1S/C25H27N5O/c1-3-24(31)27-21-10-11-22(15-21)30-16-26-28-25(30)19-7-4-17(5-8-19)20-9-6-18-12-13-29(2)23(18)14-20/h4-9,12-14,16,21-22H,3,10-11,15H2,1-2H3,(H,27,31)/t21-,22+/m0/s1. The van der Waals surface area contributed by atoms with Gasteiger partial charge in [-0.25, -0.2) is 0 Å². The van der Waals surface area contributed by atoms with E-state index in [2.05, 4.69) is 86.4 Å². The van der Waals surface area contributed by atoms with Gasteiger partial charge in [-0.2, -0.15) is 0 Å². The predicted octanol–water partition coefficient (Wildman–Crippen LogP) is 4.72. The van der Waals surface area contributed by atoms with Crippen LogP contribution in [-0.2, 0) is 11.8 Å². The molecule has 2 heterocycles. The zero-order chi connectivity index (χ0) is 21.4. The second-order valence-electron chi connectivity index (χ2n) is 8.42. The zero-order valence-corrected chi connectivity index (χ0v) is 18.0. The second kappa shape index (κ2) is 8.02. The van der Waals surface area contributed by atoms with Gasteiger partial charge in [0.2, 0.25) is 5.91 Å². The summed E-state index contributed by atoms with van der Waals surface area (Å²) in [6, 6.07) is 17.8. The fourth-order valence-electron chi connectivity index (χ4n) is 4.64. The molecule has 2 aromatic heterocycles. The maximum atomic E-state index is 11.7. The van der Waals surface area contributed by atoms with E-state index in [0.717, 1.165) is 30.7 Å². The van der Waals surface area contributed by atoms with E-state index in [9.17, 15) is 4.79 Å². The Kier molecular flexibility index (Phi) is 5.06. The van der Waals surface area contributed by atoms with Crippen molar-refractivity contribution >= 4 is 16.8 Å². The van der Waals surface area contributed by atoms with E-state index in [1.807, 2.05) is 13.3 Å². The first-order valence-electron chi connectivity index (χ1n) is 11.0. The van der Waals surface area contributed by atoms with Crippen molar-refractivity contribution < 1.29 is 4.79 Å². The molecule has 1 fully saturated rings. The fourth-order valence-corrected chi connectivity index (χ4v) is 4.64. The summed E-state index contributed by atoms with van der Waals surface area (Å²) in [5.41, 5.74) is 4.67. The van der Waals surface area contributed by atoms with Gasteiger partial charge < -0.3 is 14.5 Å².